The summed E-state index contributed by atoms with van der Waals surface area (Å²) in [5.41, 5.74) is 1.44. The summed E-state index contributed by atoms with van der Waals surface area (Å²) in [5.74, 6) is -0.147. The third kappa shape index (κ3) is 5.32. The lowest BCUT2D eigenvalue weighted by Crippen LogP contribution is -2.25. The zero-order valence-corrected chi connectivity index (χ0v) is 13.7. The molecular formula is C15H15BrN2O2S. The van der Waals surface area contributed by atoms with Gasteiger partial charge in [0.05, 0.1) is 0 Å². The van der Waals surface area contributed by atoms with Crippen LogP contribution in [0, 0.1) is 0 Å². The second-order valence-electron chi connectivity index (χ2n) is 4.43. The van der Waals surface area contributed by atoms with Gasteiger partial charge in [-0.05, 0) is 42.1 Å². The van der Waals surface area contributed by atoms with Crippen molar-refractivity contribution in [2.75, 3.05) is 11.9 Å². The van der Waals surface area contributed by atoms with Gasteiger partial charge in [-0.2, -0.15) is 11.3 Å². The van der Waals surface area contributed by atoms with Gasteiger partial charge in [-0.15, -0.1) is 0 Å². The standard InChI is InChI=1S/C15H15BrN2O2S/c16-12-3-5-13(6-4-12)18-14(19)2-1-8-17-15(20)11-7-9-21-10-11/h3-7,9-10H,1-2,8H2,(H,17,20)(H,18,19). The molecule has 110 valence electrons. The number of anilines is 1. The molecule has 0 aliphatic heterocycles. The number of hydrogen-bond acceptors (Lipinski definition) is 3. The Balaban J connectivity index is 1.65. The highest BCUT2D eigenvalue weighted by Crippen LogP contribution is 2.14. The van der Waals surface area contributed by atoms with Crippen LogP contribution in [0.1, 0.15) is 23.2 Å². The SMILES string of the molecule is O=C(CCCNC(=O)c1ccsc1)Nc1ccc(Br)cc1. The van der Waals surface area contributed by atoms with Crippen LogP contribution < -0.4 is 10.6 Å². The van der Waals surface area contributed by atoms with E-state index in [1.54, 1.807) is 11.4 Å². The number of benzene rings is 1. The van der Waals surface area contributed by atoms with Crippen molar-refractivity contribution in [2.45, 2.75) is 12.8 Å². The summed E-state index contributed by atoms with van der Waals surface area (Å²) in [7, 11) is 0. The Morgan fingerprint density at radius 2 is 1.90 bits per heavy atom. The molecule has 6 heteroatoms. The van der Waals surface area contributed by atoms with E-state index in [0.717, 1.165) is 10.2 Å². The van der Waals surface area contributed by atoms with E-state index in [1.807, 2.05) is 29.6 Å². The van der Waals surface area contributed by atoms with Crippen molar-refractivity contribution in [2.24, 2.45) is 0 Å². The van der Waals surface area contributed by atoms with Crippen molar-refractivity contribution in [3.05, 3.63) is 51.1 Å². The van der Waals surface area contributed by atoms with E-state index >= 15 is 0 Å². The van der Waals surface area contributed by atoms with Crippen LogP contribution in [-0.2, 0) is 4.79 Å². The minimum Gasteiger partial charge on any atom is -0.352 e. The average molecular weight is 367 g/mol. The molecule has 1 heterocycles. The van der Waals surface area contributed by atoms with Crippen molar-refractivity contribution in [3.63, 3.8) is 0 Å². The molecule has 0 saturated carbocycles. The Bertz CT molecular complexity index is 597. The number of nitrogens with one attached hydrogen (secondary N) is 2. The minimum absolute atomic E-state index is 0.0536. The molecule has 2 amide bonds. The van der Waals surface area contributed by atoms with E-state index in [-0.39, 0.29) is 11.8 Å². The summed E-state index contributed by atoms with van der Waals surface area (Å²) in [6, 6.07) is 9.19. The molecule has 0 atom stereocenters. The molecule has 2 aromatic rings. The number of hydrogen-bond donors (Lipinski definition) is 2. The molecular weight excluding hydrogens is 352 g/mol. The van der Waals surface area contributed by atoms with Crippen LogP contribution in [0.4, 0.5) is 5.69 Å². The van der Waals surface area contributed by atoms with Crippen molar-refractivity contribution in [1.82, 2.24) is 5.32 Å². The van der Waals surface area contributed by atoms with Crippen molar-refractivity contribution in [3.8, 4) is 0 Å². The normalized spacial score (nSPS) is 10.1. The van der Waals surface area contributed by atoms with Crippen LogP contribution in [0.5, 0.6) is 0 Å². The molecule has 0 saturated heterocycles. The number of halogens is 1. The first-order chi connectivity index (χ1) is 10.1. The van der Waals surface area contributed by atoms with Gasteiger partial charge < -0.3 is 10.6 Å². The molecule has 0 bridgehead atoms. The van der Waals surface area contributed by atoms with Crippen molar-refractivity contribution in [1.29, 1.82) is 0 Å². The first-order valence-electron chi connectivity index (χ1n) is 6.51. The van der Waals surface area contributed by atoms with E-state index in [1.165, 1.54) is 11.3 Å². The monoisotopic (exact) mass is 366 g/mol. The Labute approximate surface area is 135 Å². The topological polar surface area (TPSA) is 58.2 Å². The van der Waals surface area contributed by atoms with Crippen LogP contribution in [-0.4, -0.2) is 18.4 Å². The Kier molecular flexibility index (Phi) is 5.95. The third-order valence-electron chi connectivity index (χ3n) is 2.78. The fraction of sp³-hybridized carbons (Fsp3) is 0.200. The van der Waals surface area contributed by atoms with Crippen LogP contribution >= 0.6 is 27.3 Å². The molecule has 0 unspecified atom stereocenters. The zero-order valence-electron chi connectivity index (χ0n) is 11.3. The van der Waals surface area contributed by atoms with Gasteiger partial charge in [-0.3, -0.25) is 9.59 Å². The molecule has 0 fully saturated rings. The Morgan fingerprint density at radius 1 is 1.14 bits per heavy atom. The first-order valence-corrected chi connectivity index (χ1v) is 8.24. The van der Waals surface area contributed by atoms with Crippen LogP contribution in [0.2, 0.25) is 0 Å². The molecule has 0 spiro atoms. The molecule has 1 aromatic carbocycles. The fourth-order valence-electron chi connectivity index (χ4n) is 1.70. The lowest BCUT2D eigenvalue weighted by Gasteiger charge is -2.06. The molecule has 2 N–H and O–H groups in total. The van der Waals surface area contributed by atoms with Gasteiger partial charge in [0, 0.05) is 34.1 Å². The molecule has 21 heavy (non-hydrogen) atoms. The predicted molar refractivity (Wildman–Crippen MR) is 88.7 cm³/mol. The number of carbonyl (C=O) groups excluding carboxylic acids is 2. The number of amides is 2. The minimum atomic E-state index is -0.0930. The van der Waals surface area contributed by atoms with Gasteiger partial charge >= 0.3 is 0 Å². The highest BCUT2D eigenvalue weighted by Gasteiger charge is 2.06. The van der Waals surface area contributed by atoms with E-state index in [9.17, 15) is 9.59 Å². The highest BCUT2D eigenvalue weighted by molar-refractivity contribution is 9.10. The maximum Gasteiger partial charge on any atom is 0.252 e. The van der Waals surface area contributed by atoms with Gasteiger partial charge in [-0.1, -0.05) is 15.9 Å². The first kappa shape index (κ1) is 15.7. The Hall–Kier alpha value is -1.66. The highest BCUT2D eigenvalue weighted by atomic mass is 79.9. The summed E-state index contributed by atoms with van der Waals surface area (Å²) < 4.78 is 0.969. The largest absolute Gasteiger partial charge is 0.352 e. The summed E-state index contributed by atoms with van der Waals surface area (Å²) in [5, 5.41) is 9.27. The lowest BCUT2D eigenvalue weighted by atomic mass is 10.2. The Morgan fingerprint density at radius 3 is 2.57 bits per heavy atom. The molecule has 2 rings (SSSR count). The van der Waals surface area contributed by atoms with Crippen molar-refractivity contribution >= 4 is 44.8 Å². The van der Waals surface area contributed by atoms with Crippen molar-refractivity contribution < 1.29 is 9.59 Å². The van der Waals surface area contributed by atoms with E-state index in [2.05, 4.69) is 26.6 Å². The summed E-state index contributed by atoms with van der Waals surface area (Å²) in [6.45, 7) is 0.489. The number of thiophene rings is 1. The van der Waals surface area contributed by atoms with Crippen LogP contribution in [0.3, 0.4) is 0 Å². The van der Waals surface area contributed by atoms with Crippen LogP contribution in [0.25, 0.3) is 0 Å². The van der Waals surface area contributed by atoms with Gasteiger partial charge in [0.25, 0.3) is 5.91 Å². The van der Waals surface area contributed by atoms with Gasteiger partial charge in [-0.25, -0.2) is 0 Å². The van der Waals surface area contributed by atoms with Gasteiger partial charge in [0.2, 0.25) is 5.91 Å². The molecule has 0 radical (unpaired) electrons. The smallest absolute Gasteiger partial charge is 0.252 e. The number of rotatable bonds is 6. The van der Waals surface area contributed by atoms with E-state index < -0.39 is 0 Å². The predicted octanol–water partition coefficient (Wildman–Crippen LogP) is 3.66. The summed E-state index contributed by atoms with van der Waals surface area (Å²) >= 11 is 4.83. The summed E-state index contributed by atoms with van der Waals surface area (Å²) in [4.78, 5) is 23.4. The lowest BCUT2D eigenvalue weighted by molar-refractivity contribution is -0.116. The molecule has 0 aliphatic rings. The van der Waals surface area contributed by atoms with Gasteiger partial charge in [0.15, 0.2) is 0 Å². The van der Waals surface area contributed by atoms with Crippen LogP contribution in [0.15, 0.2) is 45.6 Å². The number of carbonyl (C=O) groups is 2. The quantitative estimate of drug-likeness (QED) is 0.766. The summed E-state index contributed by atoms with van der Waals surface area (Å²) in [6.07, 6.45) is 0.984. The second-order valence-corrected chi connectivity index (χ2v) is 6.12. The molecule has 0 aliphatic carbocycles. The van der Waals surface area contributed by atoms with E-state index in [4.69, 9.17) is 0 Å². The molecule has 4 nitrogen and oxygen atoms in total. The third-order valence-corrected chi connectivity index (χ3v) is 3.99. The zero-order chi connectivity index (χ0) is 15.1. The molecule has 1 aromatic heterocycles. The van der Waals surface area contributed by atoms with E-state index in [0.29, 0.717) is 24.9 Å². The maximum absolute atomic E-state index is 11.7. The fourth-order valence-corrected chi connectivity index (χ4v) is 2.60. The second kappa shape index (κ2) is 7.95. The maximum atomic E-state index is 11.7. The average Bonchev–Trinajstić information content (AvgIpc) is 3.00. The van der Waals surface area contributed by atoms with Gasteiger partial charge in [0.1, 0.15) is 0 Å².